The highest BCUT2D eigenvalue weighted by atomic mass is 32.2. The number of rotatable bonds is 6. The lowest BCUT2D eigenvalue weighted by Gasteiger charge is -2.21. The van der Waals surface area contributed by atoms with Crippen LogP contribution in [-0.4, -0.2) is 38.9 Å². The van der Waals surface area contributed by atoms with Gasteiger partial charge in [0.25, 0.3) is 0 Å². The van der Waals surface area contributed by atoms with Crippen LogP contribution >= 0.6 is 0 Å². The molecule has 0 saturated carbocycles. The number of sulfonamides is 1. The number of nitrogens with zero attached hydrogens (tertiary/aromatic N) is 1. The van der Waals surface area contributed by atoms with E-state index in [0.717, 1.165) is 0 Å². The Balaban J connectivity index is 2.74. The predicted molar refractivity (Wildman–Crippen MR) is 98.5 cm³/mol. The van der Waals surface area contributed by atoms with Crippen LogP contribution in [0.5, 0.6) is 0 Å². The average Bonchev–Trinajstić information content (AvgIpc) is 2.48. The standard InChI is InChI=1S/C16H27N5O3S/c1-5-18-15(20-11-14(22)21-16(2,3)4)19-10-12-7-6-8-13(9-12)25(17,23)24/h6-9H,5,10-11H2,1-4H3,(H,21,22)(H2,17,23,24)(H2,18,19,20). The number of aliphatic imine (C=N–C) groups is 1. The van der Waals surface area contributed by atoms with E-state index in [1.54, 1.807) is 12.1 Å². The number of hydrogen-bond donors (Lipinski definition) is 4. The molecule has 0 aromatic heterocycles. The zero-order chi connectivity index (χ0) is 19.1. The maximum absolute atomic E-state index is 11.9. The molecule has 1 rings (SSSR count). The molecule has 140 valence electrons. The molecular weight excluding hydrogens is 342 g/mol. The molecule has 0 atom stereocenters. The fourth-order valence-corrected chi connectivity index (χ4v) is 2.54. The van der Waals surface area contributed by atoms with E-state index in [1.807, 2.05) is 27.7 Å². The number of amides is 1. The van der Waals surface area contributed by atoms with E-state index in [1.165, 1.54) is 12.1 Å². The van der Waals surface area contributed by atoms with Crippen LogP contribution in [0.1, 0.15) is 33.3 Å². The molecule has 1 aromatic carbocycles. The number of nitrogens with two attached hydrogens (primary N) is 1. The van der Waals surface area contributed by atoms with Crippen LogP contribution in [0.15, 0.2) is 34.2 Å². The van der Waals surface area contributed by atoms with E-state index >= 15 is 0 Å². The van der Waals surface area contributed by atoms with E-state index in [4.69, 9.17) is 5.14 Å². The molecule has 0 heterocycles. The molecule has 1 aromatic rings. The maximum Gasteiger partial charge on any atom is 0.239 e. The third-order valence-corrected chi connectivity index (χ3v) is 3.83. The Morgan fingerprint density at radius 3 is 2.48 bits per heavy atom. The Bertz CT molecular complexity index is 724. The van der Waals surface area contributed by atoms with Crippen LogP contribution in [0, 0.1) is 0 Å². The lowest BCUT2D eigenvalue weighted by atomic mass is 10.1. The van der Waals surface area contributed by atoms with Gasteiger partial charge in [0.2, 0.25) is 15.9 Å². The first-order chi connectivity index (χ1) is 11.5. The molecule has 0 aliphatic heterocycles. The Morgan fingerprint density at radius 2 is 1.92 bits per heavy atom. The normalized spacial score (nSPS) is 12.6. The predicted octanol–water partition coefficient (Wildman–Crippen LogP) is 0.304. The first-order valence-electron chi connectivity index (χ1n) is 7.96. The second kappa shape index (κ2) is 8.82. The highest BCUT2D eigenvalue weighted by Gasteiger charge is 2.13. The van der Waals surface area contributed by atoms with Gasteiger partial charge in [0.15, 0.2) is 5.96 Å². The van der Waals surface area contributed by atoms with Crippen molar-refractivity contribution >= 4 is 21.9 Å². The van der Waals surface area contributed by atoms with Crippen molar-refractivity contribution < 1.29 is 13.2 Å². The van der Waals surface area contributed by atoms with Crippen LogP contribution in [0.2, 0.25) is 0 Å². The maximum atomic E-state index is 11.9. The first-order valence-corrected chi connectivity index (χ1v) is 9.51. The number of carbonyl (C=O) groups is 1. The SMILES string of the molecule is CCNC(=NCc1cccc(S(N)(=O)=O)c1)NCC(=O)NC(C)(C)C. The summed E-state index contributed by atoms with van der Waals surface area (Å²) in [7, 11) is -3.75. The third kappa shape index (κ3) is 8.50. The van der Waals surface area contributed by atoms with Gasteiger partial charge in [-0.05, 0) is 45.4 Å². The van der Waals surface area contributed by atoms with Crippen LogP contribution in [0.4, 0.5) is 0 Å². The Hall–Kier alpha value is -2.13. The molecule has 0 aliphatic carbocycles. The van der Waals surface area contributed by atoms with Crippen LogP contribution < -0.4 is 21.1 Å². The summed E-state index contributed by atoms with van der Waals surface area (Å²) in [6.07, 6.45) is 0. The second-order valence-corrected chi connectivity index (χ2v) is 8.10. The molecule has 0 fully saturated rings. The lowest BCUT2D eigenvalue weighted by Crippen LogP contribution is -2.48. The number of primary sulfonamides is 1. The molecule has 0 unspecified atom stereocenters. The second-order valence-electron chi connectivity index (χ2n) is 6.54. The molecular formula is C16H27N5O3S. The van der Waals surface area contributed by atoms with E-state index in [9.17, 15) is 13.2 Å². The van der Waals surface area contributed by atoms with Gasteiger partial charge in [-0.3, -0.25) is 4.79 Å². The van der Waals surface area contributed by atoms with Gasteiger partial charge in [0.1, 0.15) is 0 Å². The smallest absolute Gasteiger partial charge is 0.239 e. The third-order valence-electron chi connectivity index (χ3n) is 2.92. The summed E-state index contributed by atoms with van der Waals surface area (Å²) < 4.78 is 22.8. The molecule has 0 bridgehead atoms. The van der Waals surface area contributed by atoms with Gasteiger partial charge >= 0.3 is 0 Å². The highest BCUT2D eigenvalue weighted by molar-refractivity contribution is 7.89. The van der Waals surface area contributed by atoms with E-state index in [-0.39, 0.29) is 29.4 Å². The summed E-state index contributed by atoms with van der Waals surface area (Å²) in [4.78, 5) is 16.3. The van der Waals surface area contributed by atoms with Gasteiger partial charge in [0, 0.05) is 12.1 Å². The summed E-state index contributed by atoms with van der Waals surface area (Å²) in [5.41, 5.74) is 0.394. The largest absolute Gasteiger partial charge is 0.357 e. The lowest BCUT2D eigenvalue weighted by molar-refractivity contribution is -0.121. The van der Waals surface area contributed by atoms with Crippen molar-refractivity contribution in [3.63, 3.8) is 0 Å². The first kappa shape index (κ1) is 20.9. The summed E-state index contributed by atoms with van der Waals surface area (Å²) >= 11 is 0. The minimum Gasteiger partial charge on any atom is -0.357 e. The molecule has 9 heteroatoms. The Kier molecular flexibility index (Phi) is 7.38. The molecule has 25 heavy (non-hydrogen) atoms. The highest BCUT2D eigenvalue weighted by Crippen LogP contribution is 2.10. The summed E-state index contributed by atoms with van der Waals surface area (Å²) in [6, 6.07) is 6.29. The number of hydrogen-bond acceptors (Lipinski definition) is 4. The van der Waals surface area contributed by atoms with Crippen LogP contribution in [0.25, 0.3) is 0 Å². The summed E-state index contributed by atoms with van der Waals surface area (Å²) in [5, 5.41) is 14.0. The molecule has 1 amide bonds. The molecule has 0 saturated heterocycles. The van der Waals surface area contributed by atoms with E-state index in [2.05, 4.69) is 20.9 Å². The quantitative estimate of drug-likeness (QED) is 0.424. The number of guanidine groups is 1. The fourth-order valence-electron chi connectivity index (χ4n) is 1.96. The number of carbonyl (C=O) groups excluding carboxylic acids is 1. The van der Waals surface area contributed by atoms with Gasteiger partial charge in [0.05, 0.1) is 18.0 Å². The Morgan fingerprint density at radius 1 is 1.24 bits per heavy atom. The monoisotopic (exact) mass is 369 g/mol. The van der Waals surface area contributed by atoms with Gasteiger partial charge in [-0.15, -0.1) is 0 Å². The van der Waals surface area contributed by atoms with Crippen molar-refractivity contribution in [2.24, 2.45) is 10.1 Å². The number of nitrogens with one attached hydrogen (secondary N) is 3. The van der Waals surface area contributed by atoms with E-state index < -0.39 is 10.0 Å². The van der Waals surface area contributed by atoms with Crippen molar-refractivity contribution in [1.82, 2.24) is 16.0 Å². The zero-order valence-electron chi connectivity index (χ0n) is 15.1. The fraction of sp³-hybridized carbons (Fsp3) is 0.500. The van der Waals surface area contributed by atoms with Gasteiger partial charge in [-0.25, -0.2) is 18.5 Å². The van der Waals surface area contributed by atoms with E-state index in [0.29, 0.717) is 18.1 Å². The zero-order valence-corrected chi connectivity index (χ0v) is 15.9. The molecule has 0 radical (unpaired) electrons. The van der Waals surface area contributed by atoms with Gasteiger partial charge in [-0.2, -0.15) is 0 Å². The summed E-state index contributed by atoms with van der Waals surface area (Å²) in [5.74, 6) is 0.321. The average molecular weight is 369 g/mol. The molecule has 0 spiro atoms. The minimum atomic E-state index is -3.75. The van der Waals surface area contributed by atoms with Gasteiger partial charge in [-0.1, -0.05) is 12.1 Å². The van der Waals surface area contributed by atoms with Crippen molar-refractivity contribution in [3.8, 4) is 0 Å². The van der Waals surface area contributed by atoms with Crippen LogP contribution in [0.3, 0.4) is 0 Å². The minimum absolute atomic E-state index is 0.0442. The van der Waals surface area contributed by atoms with Crippen molar-refractivity contribution in [1.29, 1.82) is 0 Å². The van der Waals surface area contributed by atoms with Gasteiger partial charge < -0.3 is 16.0 Å². The Labute approximate surface area is 149 Å². The van der Waals surface area contributed by atoms with Crippen molar-refractivity contribution in [2.45, 2.75) is 44.7 Å². The summed E-state index contributed by atoms with van der Waals surface area (Å²) in [6.45, 7) is 8.59. The van der Waals surface area contributed by atoms with Crippen molar-refractivity contribution in [3.05, 3.63) is 29.8 Å². The molecule has 0 aliphatic rings. The molecule has 8 nitrogen and oxygen atoms in total. The number of benzene rings is 1. The van der Waals surface area contributed by atoms with Crippen molar-refractivity contribution in [2.75, 3.05) is 13.1 Å². The topological polar surface area (TPSA) is 126 Å². The molecule has 5 N–H and O–H groups in total. The van der Waals surface area contributed by atoms with Crippen LogP contribution in [-0.2, 0) is 21.4 Å².